The first-order chi connectivity index (χ1) is 31.5. The number of rotatable bonds is 8. The maximum Gasteiger partial charge on any atom is 0.0547 e. The lowest BCUT2D eigenvalue weighted by molar-refractivity contribution is 0.660. The minimum absolute atomic E-state index is 0.112. The van der Waals surface area contributed by atoms with E-state index in [4.69, 9.17) is 0 Å². The van der Waals surface area contributed by atoms with Gasteiger partial charge in [0, 0.05) is 38.9 Å². The summed E-state index contributed by atoms with van der Waals surface area (Å²) in [6.45, 7) is 4.73. The van der Waals surface area contributed by atoms with Crippen LogP contribution in [0.2, 0.25) is 0 Å². The molecule has 0 unspecified atom stereocenters. The molecule has 2 nitrogen and oxygen atoms in total. The van der Waals surface area contributed by atoms with Gasteiger partial charge in [0.05, 0.1) is 11.0 Å². The Hall–Kier alpha value is -7.25. The van der Waals surface area contributed by atoms with E-state index in [9.17, 15) is 0 Å². The largest absolute Gasteiger partial charge is 0.310 e. The first-order valence-corrected chi connectivity index (χ1v) is 23.8. The fourth-order valence-corrected chi connectivity index (χ4v) is 12.7. The van der Waals surface area contributed by atoms with E-state index in [0.717, 1.165) is 29.9 Å². The Labute approximate surface area is 376 Å². The smallest absolute Gasteiger partial charge is 0.0547 e. The minimum atomic E-state index is -0.723. The van der Waals surface area contributed by atoms with Crippen molar-refractivity contribution in [3.63, 3.8) is 0 Å². The number of hydrogen-bond acceptors (Lipinski definition) is 1. The Kier molecular flexibility index (Phi) is 9.32. The molecule has 306 valence electrons. The standard InChI is InChI=1S/C61H47N2P/c1-61(2)56-25-15-14-24-53(56)54-37-34-48(41-57(54)61)62(47-32-35-51(36-33-47)64(49-19-8-4-9-20-49)50-21-10-5-11-22-50)46-30-26-42(27-31-46)44-29-38-58-55(40-44)60-52-23-13-12-16-43(52)28-39-59(60)63(58)45-17-6-3-7-18-45/h4-6,8-41H,3,7H2,1-2H3. The number of anilines is 3. The van der Waals surface area contributed by atoms with Gasteiger partial charge in [-0.1, -0.05) is 178 Å². The number of benzene rings is 9. The molecule has 0 fully saturated rings. The van der Waals surface area contributed by atoms with Gasteiger partial charge in [0.25, 0.3) is 0 Å². The lowest BCUT2D eigenvalue weighted by Gasteiger charge is -2.29. The maximum absolute atomic E-state index is 2.46. The lowest BCUT2D eigenvalue weighted by atomic mass is 9.82. The van der Waals surface area contributed by atoms with Gasteiger partial charge in [0.1, 0.15) is 0 Å². The molecule has 12 rings (SSSR count). The third-order valence-electron chi connectivity index (χ3n) is 13.6. The molecule has 1 heterocycles. The van der Waals surface area contributed by atoms with Gasteiger partial charge >= 0.3 is 0 Å². The van der Waals surface area contributed by atoms with Crippen LogP contribution in [0.5, 0.6) is 0 Å². The molecule has 2 aliphatic rings. The first-order valence-electron chi connectivity index (χ1n) is 22.5. The third kappa shape index (κ3) is 6.36. The second-order valence-electron chi connectivity index (χ2n) is 17.7. The van der Waals surface area contributed by atoms with Crippen LogP contribution in [0.15, 0.2) is 224 Å². The minimum Gasteiger partial charge on any atom is -0.310 e. The molecule has 1 aromatic heterocycles. The number of nitrogens with zero attached hydrogens (tertiary/aromatic N) is 2. The summed E-state index contributed by atoms with van der Waals surface area (Å²) in [7, 11) is -0.723. The Balaban J connectivity index is 0.976. The van der Waals surface area contributed by atoms with E-state index in [2.05, 4.69) is 248 Å². The van der Waals surface area contributed by atoms with E-state index >= 15 is 0 Å². The van der Waals surface area contributed by atoms with Crippen LogP contribution in [0, 0.1) is 0 Å². The summed E-state index contributed by atoms with van der Waals surface area (Å²) < 4.78 is 2.46. The van der Waals surface area contributed by atoms with Crippen molar-refractivity contribution >= 4 is 79.2 Å². The molecule has 0 atom stereocenters. The number of hydrogen-bond donors (Lipinski definition) is 0. The van der Waals surface area contributed by atoms with Crippen LogP contribution in [-0.4, -0.2) is 4.57 Å². The highest BCUT2D eigenvalue weighted by Gasteiger charge is 2.36. The molecule has 64 heavy (non-hydrogen) atoms. The average Bonchev–Trinajstić information content (AvgIpc) is 3.81. The van der Waals surface area contributed by atoms with Gasteiger partial charge < -0.3 is 9.47 Å². The molecule has 2 aliphatic carbocycles. The highest BCUT2D eigenvalue weighted by Crippen LogP contribution is 2.51. The van der Waals surface area contributed by atoms with E-state index in [-0.39, 0.29) is 5.41 Å². The summed E-state index contributed by atoms with van der Waals surface area (Å²) in [5.41, 5.74) is 14.9. The van der Waals surface area contributed by atoms with Gasteiger partial charge in [-0.05, 0) is 142 Å². The predicted octanol–water partition coefficient (Wildman–Crippen LogP) is 15.3. The van der Waals surface area contributed by atoms with Crippen molar-refractivity contribution in [2.24, 2.45) is 0 Å². The molecule has 0 amide bonds. The van der Waals surface area contributed by atoms with Gasteiger partial charge in [-0.25, -0.2) is 0 Å². The molecular weight excluding hydrogens is 792 g/mol. The van der Waals surface area contributed by atoms with E-state index in [1.54, 1.807) is 0 Å². The van der Waals surface area contributed by atoms with Gasteiger partial charge in [-0.15, -0.1) is 0 Å². The Morgan fingerprint density at radius 3 is 1.81 bits per heavy atom. The van der Waals surface area contributed by atoms with Gasteiger partial charge in [0.2, 0.25) is 0 Å². The molecule has 0 radical (unpaired) electrons. The second-order valence-corrected chi connectivity index (χ2v) is 19.9. The van der Waals surface area contributed by atoms with Crippen molar-refractivity contribution in [2.45, 2.75) is 32.1 Å². The summed E-state index contributed by atoms with van der Waals surface area (Å²) in [6.07, 6.45) is 9.13. The van der Waals surface area contributed by atoms with Crippen LogP contribution in [0.25, 0.3) is 60.5 Å². The van der Waals surface area contributed by atoms with Crippen LogP contribution in [-0.2, 0) is 5.41 Å². The Bertz CT molecular complexity index is 3410. The summed E-state index contributed by atoms with van der Waals surface area (Å²) in [5.74, 6) is 0. The Morgan fingerprint density at radius 2 is 1.08 bits per heavy atom. The van der Waals surface area contributed by atoms with Crippen molar-refractivity contribution in [3.8, 4) is 22.3 Å². The maximum atomic E-state index is 2.46. The average molecular weight is 839 g/mol. The first kappa shape index (κ1) is 38.4. The number of aromatic nitrogens is 1. The fourth-order valence-electron chi connectivity index (χ4n) is 10.4. The zero-order chi connectivity index (χ0) is 42.8. The van der Waals surface area contributed by atoms with Crippen LogP contribution in [0.3, 0.4) is 0 Å². The quantitative estimate of drug-likeness (QED) is 0.138. The van der Waals surface area contributed by atoms with E-state index < -0.39 is 7.92 Å². The van der Waals surface area contributed by atoms with Crippen LogP contribution in [0.4, 0.5) is 17.1 Å². The molecular formula is C61H47N2P. The zero-order valence-corrected chi connectivity index (χ0v) is 37.0. The molecule has 0 saturated heterocycles. The molecule has 0 aliphatic heterocycles. The third-order valence-corrected chi connectivity index (χ3v) is 16.0. The molecule has 10 aromatic rings. The molecule has 0 spiro atoms. The monoisotopic (exact) mass is 838 g/mol. The van der Waals surface area contributed by atoms with Crippen LogP contribution < -0.4 is 20.8 Å². The van der Waals surface area contributed by atoms with Crippen molar-refractivity contribution < 1.29 is 0 Å². The van der Waals surface area contributed by atoms with Crippen molar-refractivity contribution in [1.29, 1.82) is 0 Å². The normalized spacial score (nSPS) is 14.0. The molecule has 0 N–H and O–H groups in total. The highest BCUT2D eigenvalue weighted by molar-refractivity contribution is 7.79. The summed E-state index contributed by atoms with van der Waals surface area (Å²) in [4.78, 5) is 2.44. The van der Waals surface area contributed by atoms with Crippen molar-refractivity contribution in [2.75, 3.05) is 4.90 Å². The SMILES string of the molecule is CC1(C)c2ccccc2-c2ccc(N(c3ccc(-c4ccc5c(c4)c4c6ccccc6ccc4n5C4=CCCC=C4)cc3)c3ccc(P(c4ccccc4)c4ccccc4)cc3)cc21. The lowest BCUT2D eigenvalue weighted by Crippen LogP contribution is -2.21. The van der Waals surface area contributed by atoms with E-state index in [0.29, 0.717) is 0 Å². The van der Waals surface area contributed by atoms with Crippen LogP contribution >= 0.6 is 7.92 Å². The fraction of sp³-hybridized carbons (Fsp3) is 0.0820. The zero-order valence-electron chi connectivity index (χ0n) is 36.1. The topological polar surface area (TPSA) is 8.17 Å². The van der Waals surface area contributed by atoms with Crippen LogP contribution in [0.1, 0.15) is 37.8 Å². The highest BCUT2D eigenvalue weighted by atomic mass is 31.1. The van der Waals surface area contributed by atoms with Gasteiger partial charge in [-0.2, -0.15) is 0 Å². The molecule has 0 bridgehead atoms. The molecule has 0 saturated carbocycles. The predicted molar refractivity (Wildman–Crippen MR) is 276 cm³/mol. The summed E-state index contributed by atoms with van der Waals surface area (Å²) >= 11 is 0. The summed E-state index contributed by atoms with van der Waals surface area (Å²) in [5, 5.41) is 9.18. The van der Waals surface area contributed by atoms with E-state index in [1.165, 1.54) is 87.6 Å². The van der Waals surface area contributed by atoms with Gasteiger partial charge in [-0.3, -0.25) is 0 Å². The summed E-state index contributed by atoms with van der Waals surface area (Å²) in [6, 6.07) is 76.9. The second kappa shape index (κ2) is 15.5. The van der Waals surface area contributed by atoms with E-state index in [1.807, 2.05) is 0 Å². The Morgan fingerprint density at radius 1 is 0.469 bits per heavy atom. The van der Waals surface area contributed by atoms with Gasteiger partial charge in [0.15, 0.2) is 0 Å². The van der Waals surface area contributed by atoms with Crippen molar-refractivity contribution in [3.05, 3.63) is 236 Å². The number of allylic oxidation sites excluding steroid dienone is 4. The van der Waals surface area contributed by atoms with Crippen molar-refractivity contribution in [1.82, 2.24) is 4.57 Å². The molecule has 3 heteroatoms. The molecule has 9 aromatic carbocycles. The number of fused-ring (bicyclic) bond motifs is 8.